The summed E-state index contributed by atoms with van der Waals surface area (Å²) in [5, 5.41) is 9.39. The Kier molecular flexibility index (Phi) is 5.20. The Morgan fingerprint density at radius 2 is 2.00 bits per heavy atom. The van der Waals surface area contributed by atoms with Crippen molar-refractivity contribution >= 4 is 5.97 Å². The van der Waals surface area contributed by atoms with Crippen molar-refractivity contribution in [2.24, 2.45) is 0 Å². The van der Waals surface area contributed by atoms with Gasteiger partial charge in [-0.15, -0.1) is 0 Å². The number of fused-ring (bicyclic) bond motifs is 1. The van der Waals surface area contributed by atoms with E-state index in [2.05, 4.69) is 40.3 Å². The summed E-state index contributed by atoms with van der Waals surface area (Å²) in [6.45, 7) is 2.02. The van der Waals surface area contributed by atoms with Crippen LogP contribution in [0, 0.1) is 6.92 Å². The normalized spacial score (nSPS) is 15.8. The van der Waals surface area contributed by atoms with Crippen molar-refractivity contribution in [3.8, 4) is 11.1 Å². The molecule has 4 nitrogen and oxygen atoms in total. The van der Waals surface area contributed by atoms with Gasteiger partial charge in [0.1, 0.15) is 0 Å². The average Bonchev–Trinajstić information content (AvgIpc) is 2.72. The van der Waals surface area contributed by atoms with Crippen LogP contribution in [0.2, 0.25) is 0 Å². The van der Waals surface area contributed by atoms with E-state index in [-0.39, 0.29) is 0 Å². The van der Waals surface area contributed by atoms with E-state index < -0.39 is 5.97 Å². The first-order valence-corrected chi connectivity index (χ1v) is 9.84. The Morgan fingerprint density at radius 1 is 1.14 bits per heavy atom. The first-order valence-electron chi connectivity index (χ1n) is 9.84. The smallest absolute Gasteiger partial charge is 0.336 e. The van der Waals surface area contributed by atoms with E-state index in [1.165, 1.54) is 28.7 Å². The van der Waals surface area contributed by atoms with Gasteiger partial charge in [-0.25, -0.2) is 4.79 Å². The highest BCUT2D eigenvalue weighted by molar-refractivity contribution is 5.89. The lowest BCUT2D eigenvalue weighted by Crippen LogP contribution is -2.12. The van der Waals surface area contributed by atoms with Crippen LogP contribution in [0.1, 0.15) is 57.9 Å². The van der Waals surface area contributed by atoms with Crippen LogP contribution in [0.4, 0.5) is 0 Å². The van der Waals surface area contributed by atoms with Crippen molar-refractivity contribution in [1.29, 1.82) is 0 Å². The van der Waals surface area contributed by atoms with E-state index in [1.54, 1.807) is 18.5 Å². The highest BCUT2D eigenvalue weighted by Gasteiger charge is 2.21. The molecule has 1 unspecified atom stereocenters. The molecule has 0 radical (unpaired) electrons. The number of hydrogen-bond acceptors (Lipinski definition) is 3. The van der Waals surface area contributed by atoms with Gasteiger partial charge in [-0.2, -0.15) is 0 Å². The zero-order valence-corrected chi connectivity index (χ0v) is 16.1. The number of aryl methyl sites for hydroxylation is 3. The van der Waals surface area contributed by atoms with E-state index in [0.29, 0.717) is 11.5 Å². The van der Waals surface area contributed by atoms with Gasteiger partial charge in [0.15, 0.2) is 0 Å². The summed E-state index contributed by atoms with van der Waals surface area (Å²) in [5.41, 5.74) is 7.51. The number of hydrogen-bond donors (Lipinski definition) is 1. The van der Waals surface area contributed by atoms with Crippen molar-refractivity contribution in [2.45, 2.75) is 44.9 Å². The second-order valence-corrected chi connectivity index (χ2v) is 7.57. The molecule has 1 N–H and O–H groups in total. The Balaban J connectivity index is 1.55. The maximum atomic E-state index is 11.4. The molecule has 0 spiro atoms. The molecule has 142 valence electrons. The molecule has 28 heavy (non-hydrogen) atoms. The fourth-order valence-electron chi connectivity index (χ4n) is 4.28. The molecule has 4 heteroatoms. The SMILES string of the molecule is Cc1cc(-c2ccc3c(c2)CCCC3CCc2cnccc2C(=O)O)ccn1. The van der Waals surface area contributed by atoms with E-state index >= 15 is 0 Å². The molecule has 0 amide bonds. The summed E-state index contributed by atoms with van der Waals surface area (Å²) >= 11 is 0. The first kappa shape index (κ1) is 18.4. The fraction of sp³-hybridized carbons (Fsp3) is 0.292. The lowest BCUT2D eigenvalue weighted by molar-refractivity contribution is 0.0695. The molecule has 1 aromatic carbocycles. The van der Waals surface area contributed by atoms with Gasteiger partial charge in [0, 0.05) is 24.3 Å². The van der Waals surface area contributed by atoms with Crippen molar-refractivity contribution in [1.82, 2.24) is 9.97 Å². The number of aromatic carboxylic acids is 1. The van der Waals surface area contributed by atoms with Gasteiger partial charge in [-0.3, -0.25) is 9.97 Å². The second kappa shape index (κ2) is 7.93. The van der Waals surface area contributed by atoms with Crippen LogP contribution in [-0.2, 0) is 12.8 Å². The minimum absolute atomic E-state index is 0.370. The Hall–Kier alpha value is -3.01. The summed E-state index contributed by atoms with van der Waals surface area (Å²) in [7, 11) is 0. The van der Waals surface area contributed by atoms with Crippen LogP contribution in [0.3, 0.4) is 0 Å². The van der Waals surface area contributed by atoms with Gasteiger partial charge in [-0.05, 0) is 91.0 Å². The van der Waals surface area contributed by atoms with Gasteiger partial charge in [0.05, 0.1) is 5.56 Å². The van der Waals surface area contributed by atoms with Gasteiger partial charge < -0.3 is 5.11 Å². The monoisotopic (exact) mass is 372 g/mol. The molecule has 0 aliphatic heterocycles. The first-order chi connectivity index (χ1) is 13.6. The molecule has 2 aromatic heterocycles. The minimum Gasteiger partial charge on any atom is -0.478 e. The Morgan fingerprint density at radius 3 is 2.82 bits per heavy atom. The highest BCUT2D eigenvalue weighted by Crippen LogP contribution is 2.37. The fourth-order valence-corrected chi connectivity index (χ4v) is 4.28. The topological polar surface area (TPSA) is 63.1 Å². The zero-order chi connectivity index (χ0) is 19.5. The van der Waals surface area contributed by atoms with E-state index in [9.17, 15) is 9.90 Å². The molecule has 0 bridgehead atoms. The van der Waals surface area contributed by atoms with Crippen molar-refractivity contribution in [3.63, 3.8) is 0 Å². The lowest BCUT2D eigenvalue weighted by Gasteiger charge is -2.26. The Labute approximate surface area is 165 Å². The quantitative estimate of drug-likeness (QED) is 0.668. The van der Waals surface area contributed by atoms with E-state index in [0.717, 1.165) is 36.9 Å². The minimum atomic E-state index is -0.876. The van der Waals surface area contributed by atoms with Crippen LogP contribution in [0.25, 0.3) is 11.1 Å². The van der Waals surface area contributed by atoms with Crippen LogP contribution >= 0.6 is 0 Å². The van der Waals surface area contributed by atoms with Crippen molar-refractivity contribution in [2.75, 3.05) is 0 Å². The summed E-state index contributed by atoms with van der Waals surface area (Å²) in [4.78, 5) is 19.8. The lowest BCUT2D eigenvalue weighted by atomic mass is 9.79. The molecule has 1 atom stereocenters. The van der Waals surface area contributed by atoms with Crippen LogP contribution in [-0.4, -0.2) is 21.0 Å². The number of pyridine rings is 2. The molecule has 4 rings (SSSR count). The zero-order valence-electron chi connectivity index (χ0n) is 16.1. The summed E-state index contributed by atoms with van der Waals surface area (Å²) in [6.07, 6.45) is 10.2. The van der Waals surface area contributed by atoms with E-state index in [1.807, 2.05) is 13.1 Å². The average molecular weight is 372 g/mol. The maximum Gasteiger partial charge on any atom is 0.336 e. The van der Waals surface area contributed by atoms with Crippen LogP contribution in [0.15, 0.2) is 55.0 Å². The third-order valence-corrected chi connectivity index (χ3v) is 5.71. The van der Waals surface area contributed by atoms with Crippen molar-refractivity contribution in [3.05, 3.63) is 82.9 Å². The maximum absolute atomic E-state index is 11.4. The number of carbonyl (C=O) groups is 1. The number of aromatic nitrogens is 2. The van der Waals surface area contributed by atoms with Gasteiger partial charge in [0.25, 0.3) is 0 Å². The van der Waals surface area contributed by atoms with Crippen LogP contribution < -0.4 is 0 Å². The van der Waals surface area contributed by atoms with Gasteiger partial charge in [0.2, 0.25) is 0 Å². The molecule has 3 aromatic rings. The van der Waals surface area contributed by atoms with Gasteiger partial charge >= 0.3 is 5.97 Å². The largest absolute Gasteiger partial charge is 0.478 e. The van der Waals surface area contributed by atoms with Crippen molar-refractivity contribution < 1.29 is 9.90 Å². The molecule has 0 saturated carbocycles. The predicted octanol–water partition coefficient (Wildman–Crippen LogP) is 5.20. The highest BCUT2D eigenvalue weighted by atomic mass is 16.4. The number of nitrogens with zero attached hydrogens (tertiary/aromatic N) is 2. The molecule has 0 fully saturated rings. The second-order valence-electron chi connectivity index (χ2n) is 7.57. The molecule has 2 heterocycles. The molecule has 0 saturated heterocycles. The number of carboxylic acids is 1. The number of carboxylic acid groups (broad SMARTS) is 1. The molecule has 1 aliphatic rings. The predicted molar refractivity (Wildman–Crippen MR) is 110 cm³/mol. The third-order valence-electron chi connectivity index (χ3n) is 5.71. The van der Waals surface area contributed by atoms with Crippen LogP contribution in [0.5, 0.6) is 0 Å². The molecular weight excluding hydrogens is 348 g/mol. The van der Waals surface area contributed by atoms with Gasteiger partial charge in [-0.1, -0.05) is 18.2 Å². The summed E-state index contributed by atoms with van der Waals surface area (Å²) in [6, 6.07) is 12.6. The summed E-state index contributed by atoms with van der Waals surface area (Å²) < 4.78 is 0. The third kappa shape index (κ3) is 3.81. The molecule has 1 aliphatic carbocycles. The standard InChI is InChI=1S/C24H24N2O2/c1-16-13-19(9-12-26-16)18-7-8-22-17(3-2-4-20(22)14-18)5-6-21-15-25-11-10-23(21)24(27)28/h7-15,17H,2-6H2,1H3,(H,27,28). The summed E-state index contributed by atoms with van der Waals surface area (Å²) in [5.74, 6) is -0.405. The van der Waals surface area contributed by atoms with E-state index in [4.69, 9.17) is 0 Å². The Bertz CT molecular complexity index is 1010. The molecular formula is C24H24N2O2. The number of rotatable bonds is 5. The number of benzene rings is 1.